The molecule has 2 unspecified atom stereocenters. The van der Waals surface area contributed by atoms with Gasteiger partial charge in [-0.15, -0.1) is 0 Å². The summed E-state index contributed by atoms with van der Waals surface area (Å²) in [4.78, 5) is 12.3. The van der Waals surface area contributed by atoms with E-state index in [1.54, 1.807) is 6.07 Å². The Hall–Kier alpha value is -1.98. The zero-order valence-corrected chi connectivity index (χ0v) is 11.1. The zero-order chi connectivity index (χ0) is 15.2. The lowest BCUT2D eigenvalue weighted by Crippen LogP contribution is -2.27. The Morgan fingerprint density at radius 2 is 1.95 bits per heavy atom. The molecule has 1 fully saturated rings. The van der Waals surface area contributed by atoms with Crippen LogP contribution in [0.2, 0.25) is 0 Å². The number of hydrogen-bond acceptors (Lipinski definition) is 1. The zero-order valence-electron chi connectivity index (χ0n) is 11.1. The first-order chi connectivity index (χ1) is 9.86. The van der Waals surface area contributed by atoms with Crippen molar-refractivity contribution >= 4 is 11.7 Å². The second-order valence-electron chi connectivity index (χ2n) is 5.55. The van der Waals surface area contributed by atoms with Crippen LogP contribution in [-0.4, -0.2) is 29.2 Å². The maximum Gasteiger partial charge on any atom is 0.416 e. The molecular formula is C15H14F3NO2. The third kappa shape index (κ3) is 2.50. The second-order valence-corrected chi connectivity index (χ2v) is 5.55. The monoisotopic (exact) mass is 297 g/mol. The highest BCUT2D eigenvalue weighted by molar-refractivity contribution is 5.72. The summed E-state index contributed by atoms with van der Waals surface area (Å²) in [7, 11) is 0. The van der Waals surface area contributed by atoms with Crippen LogP contribution >= 0.6 is 0 Å². The average Bonchev–Trinajstić information content (AvgIpc) is 2.95. The van der Waals surface area contributed by atoms with Gasteiger partial charge in [0.25, 0.3) is 0 Å². The van der Waals surface area contributed by atoms with Gasteiger partial charge >= 0.3 is 12.3 Å². The number of likely N-dealkylation sites (tertiary alicyclic amines) is 1. The summed E-state index contributed by atoms with van der Waals surface area (Å²) >= 11 is 0. The van der Waals surface area contributed by atoms with E-state index in [0.717, 1.165) is 6.07 Å². The number of fused-ring (bicyclic) bond motifs is 1. The van der Waals surface area contributed by atoms with Crippen molar-refractivity contribution in [1.82, 2.24) is 4.90 Å². The molecule has 21 heavy (non-hydrogen) atoms. The first-order valence-electron chi connectivity index (χ1n) is 6.71. The average molecular weight is 297 g/mol. The molecule has 1 heterocycles. The van der Waals surface area contributed by atoms with Gasteiger partial charge in [-0.3, -0.25) is 0 Å². The Morgan fingerprint density at radius 3 is 2.57 bits per heavy atom. The summed E-state index contributed by atoms with van der Waals surface area (Å²) in [5, 5.41) is 8.96. The smallest absolute Gasteiger partial charge is 0.416 e. The molecule has 1 amide bonds. The first-order valence-corrected chi connectivity index (χ1v) is 6.71. The van der Waals surface area contributed by atoms with Crippen LogP contribution in [0.5, 0.6) is 0 Å². The van der Waals surface area contributed by atoms with E-state index in [1.807, 2.05) is 6.08 Å². The van der Waals surface area contributed by atoms with Crippen LogP contribution in [0.4, 0.5) is 18.0 Å². The molecule has 1 N–H and O–H groups in total. The maximum absolute atomic E-state index is 13.0. The predicted molar refractivity (Wildman–Crippen MR) is 70.6 cm³/mol. The van der Waals surface area contributed by atoms with Crippen LogP contribution in [-0.2, 0) is 6.18 Å². The van der Waals surface area contributed by atoms with Crippen molar-refractivity contribution in [2.45, 2.75) is 12.6 Å². The Labute approximate surface area is 119 Å². The van der Waals surface area contributed by atoms with E-state index in [0.29, 0.717) is 25.1 Å². The van der Waals surface area contributed by atoms with Gasteiger partial charge in [-0.2, -0.15) is 13.2 Å². The van der Waals surface area contributed by atoms with E-state index in [1.165, 1.54) is 17.0 Å². The summed E-state index contributed by atoms with van der Waals surface area (Å²) < 4.78 is 39.1. The molecule has 0 radical (unpaired) electrons. The molecule has 0 aromatic heterocycles. The molecule has 0 saturated carbocycles. The van der Waals surface area contributed by atoms with Crippen LogP contribution in [0.15, 0.2) is 30.3 Å². The minimum absolute atomic E-state index is 0.0254. The van der Waals surface area contributed by atoms with Crippen LogP contribution in [0.1, 0.15) is 17.5 Å². The summed E-state index contributed by atoms with van der Waals surface area (Å²) in [5.74, 6) is 0.120. The number of rotatable bonds is 1. The number of carbonyl (C=O) groups is 1. The molecule has 2 aliphatic rings. The van der Waals surface area contributed by atoms with Crippen molar-refractivity contribution < 1.29 is 23.1 Å². The van der Waals surface area contributed by atoms with Gasteiger partial charge in [0.2, 0.25) is 0 Å². The molecular weight excluding hydrogens is 283 g/mol. The molecule has 6 heteroatoms. The van der Waals surface area contributed by atoms with E-state index in [9.17, 15) is 18.0 Å². The number of benzene rings is 1. The highest BCUT2D eigenvalue weighted by atomic mass is 19.4. The van der Waals surface area contributed by atoms with Crippen molar-refractivity contribution in [3.8, 4) is 0 Å². The number of nitrogens with zero attached hydrogens (tertiary/aromatic N) is 1. The van der Waals surface area contributed by atoms with E-state index in [-0.39, 0.29) is 17.4 Å². The number of allylic oxidation sites excluding steroid dienone is 1. The van der Waals surface area contributed by atoms with E-state index in [4.69, 9.17) is 5.11 Å². The normalized spacial score (nSPS) is 24.9. The van der Waals surface area contributed by atoms with Crippen LogP contribution in [0.25, 0.3) is 5.57 Å². The van der Waals surface area contributed by atoms with Gasteiger partial charge in [0, 0.05) is 13.1 Å². The van der Waals surface area contributed by atoms with Crippen LogP contribution < -0.4 is 0 Å². The van der Waals surface area contributed by atoms with Crippen molar-refractivity contribution in [2.75, 3.05) is 13.1 Å². The van der Waals surface area contributed by atoms with E-state index in [2.05, 4.69) is 0 Å². The molecule has 0 bridgehead atoms. The Bertz CT molecular complexity index is 609. The minimum atomic E-state index is -4.37. The fourth-order valence-electron chi connectivity index (χ4n) is 3.28. The second kappa shape index (κ2) is 4.79. The van der Waals surface area contributed by atoms with Crippen LogP contribution in [0, 0.1) is 11.8 Å². The lowest BCUT2D eigenvalue weighted by Gasteiger charge is -2.16. The van der Waals surface area contributed by atoms with E-state index < -0.39 is 17.8 Å². The lowest BCUT2D eigenvalue weighted by atomic mass is 9.96. The fourth-order valence-corrected chi connectivity index (χ4v) is 3.28. The van der Waals surface area contributed by atoms with Crippen molar-refractivity contribution in [3.05, 3.63) is 41.5 Å². The molecule has 2 atom stereocenters. The maximum atomic E-state index is 13.0. The topological polar surface area (TPSA) is 40.5 Å². The Kier molecular flexibility index (Phi) is 3.19. The SMILES string of the molecule is O=C(O)N1CC2C=C(c3ccccc3C(F)(F)F)CC2C1. The molecule has 1 aromatic rings. The quantitative estimate of drug-likeness (QED) is 0.858. The number of amides is 1. The van der Waals surface area contributed by atoms with Crippen molar-refractivity contribution in [2.24, 2.45) is 11.8 Å². The molecule has 1 aliphatic carbocycles. The summed E-state index contributed by atoms with van der Waals surface area (Å²) in [6, 6.07) is 5.57. The van der Waals surface area contributed by atoms with Gasteiger partial charge in [0.05, 0.1) is 5.56 Å². The van der Waals surface area contributed by atoms with Gasteiger partial charge in [-0.1, -0.05) is 24.3 Å². The highest BCUT2D eigenvalue weighted by Crippen LogP contribution is 2.44. The number of hydrogen-bond donors (Lipinski definition) is 1. The lowest BCUT2D eigenvalue weighted by molar-refractivity contribution is -0.137. The Morgan fingerprint density at radius 1 is 1.24 bits per heavy atom. The summed E-state index contributed by atoms with van der Waals surface area (Å²) in [6.45, 7) is 0.770. The standard InChI is InChI=1S/C15H14F3NO2/c16-15(17,18)13-4-2-1-3-12(13)9-5-10-7-19(14(20)21)8-11(10)6-9/h1-5,10-11H,6-8H2,(H,20,21). The molecule has 1 saturated heterocycles. The highest BCUT2D eigenvalue weighted by Gasteiger charge is 2.40. The molecule has 112 valence electrons. The third-order valence-electron chi connectivity index (χ3n) is 4.24. The van der Waals surface area contributed by atoms with Gasteiger partial charge < -0.3 is 10.0 Å². The number of carboxylic acid groups (broad SMARTS) is 1. The number of halogens is 3. The Balaban J connectivity index is 1.88. The molecule has 3 nitrogen and oxygen atoms in total. The van der Waals surface area contributed by atoms with Gasteiger partial charge in [-0.05, 0) is 35.5 Å². The molecule has 1 aliphatic heterocycles. The predicted octanol–water partition coefficient (Wildman–Crippen LogP) is 3.72. The summed E-state index contributed by atoms with van der Waals surface area (Å²) in [5.41, 5.74) is 0.288. The van der Waals surface area contributed by atoms with Crippen molar-refractivity contribution in [3.63, 3.8) is 0 Å². The van der Waals surface area contributed by atoms with Gasteiger partial charge in [0.1, 0.15) is 0 Å². The van der Waals surface area contributed by atoms with Crippen molar-refractivity contribution in [1.29, 1.82) is 0 Å². The first kappa shape index (κ1) is 14.0. The fraction of sp³-hybridized carbons (Fsp3) is 0.400. The molecule has 1 aromatic carbocycles. The van der Waals surface area contributed by atoms with Gasteiger partial charge in [-0.25, -0.2) is 4.79 Å². The number of alkyl halides is 3. The van der Waals surface area contributed by atoms with Gasteiger partial charge in [0.15, 0.2) is 0 Å². The minimum Gasteiger partial charge on any atom is -0.465 e. The van der Waals surface area contributed by atoms with E-state index >= 15 is 0 Å². The molecule has 0 spiro atoms. The molecule has 3 rings (SSSR count). The van der Waals surface area contributed by atoms with Crippen LogP contribution in [0.3, 0.4) is 0 Å². The third-order valence-corrected chi connectivity index (χ3v) is 4.24. The summed E-state index contributed by atoms with van der Waals surface area (Å²) in [6.07, 6.45) is -3.02. The largest absolute Gasteiger partial charge is 0.465 e.